The summed E-state index contributed by atoms with van der Waals surface area (Å²) in [7, 11) is 0. The van der Waals surface area contributed by atoms with Gasteiger partial charge in [-0.15, -0.1) is 0 Å². The van der Waals surface area contributed by atoms with Crippen LogP contribution in [-0.4, -0.2) is 69.2 Å². The van der Waals surface area contributed by atoms with Crippen molar-refractivity contribution in [2.75, 3.05) is 35.4 Å². The summed E-state index contributed by atoms with van der Waals surface area (Å²) in [4.78, 5) is 20.4. The molecule has 0 radical (unpaired) electrons. The van der Waals surface area contributed by atoms with Gasteiger partial charge in [-0.25, -0.2) is 0 Å². The number of hydrogen-bond acceptors (Lipinski definition) is 9. The number of aromatic nitrogens is 2. The van der Waals surface area contributed by atoms with Crippen LogP contribution >= 0.6 is 0 Å². The highest BCUT2D eigenvalue weighted by atomic mass is 16.6. The Bertz CT molecular complexity index is 680. The van der Waals surface area contributed by atoms with Crippen molar-refractivity contribution < 1.29 is 20.1 Å². The number of nitrogen functional groups attached to an aromatic ring is 1. The fourth-order valence-corrected chi connectivity index (χ4v) is 3.25. The highest BCUT2D eigenvalue weighted by molar-refractivity contribution is 5.73. The predicted octanol–water partition coefficient (Wildman–Crippen LogP) is -2.11. The molecule has 0 aromatic carbocycles. The van der Waals surface area contributed by atoms with E-state index in [1.54, 1.807) is 11.8 Å². The second kappa shape index (κ2) is 6.20. The zero-order valence-corrected chi connectivity index (χ0v) is 13.7. The van der Waals surface area contributed by atoms with Crippen LogP contribution in [0, 0.1) is 0 Å². The smallest absolute Gasteiger partial charge is 0.280 e. The monoisotopic (exact) mass is 341 g/mol. The van der Waals surface area contributed by atoms with Gasteiger partial charge < -0.3 is 35.6 Å². The van der Waals surface area contributed by atoms with Crippen LogP contribution in [0.5, 0.6) is 0 Å². The van der Waals surface area contributed by atoms with E-state index in [4.69, 9.17) is 10.5 Å². The Hall–Kier alpha value is -1.88. The molecule has 0 saturated carbocycles. The van der Waals surface area contributed by atoms with E-state index in [0.717, 1.165) is 0 Å². The van der Waals surface area contributed by atoms with E-state index >= 15 is 0 Å². The largest absolute Gasteiger partial charge is 0.394 e. The van der Waals surface area contributed by atoms with Crippen LogP contribution < -0.4 is 21.1 Å². The fraction of sp³-hybridized carbons (Fsp3) is 0.714. The van der Waals surface area contributed by atoms with Gasteiger partial charge in [0.15, 0.2) is 12.0 Å². The molecule has 4 atom stereocenters. The lowest BCUT2D eigenvalue weighted by molar-refractivity contribution is -0.0222. The summed E-state index contributed by atoms with van der Waals surface area (Å²) < 4.78 is 6.94. The van der Waals surface area contributed by atoms with Gasteiger partial charge in [0.25, 0.3) is 5.56 Å². The number of nitrogens with two attached hydrogens (primary N) is 1. The lowest BCUT2D eigenvalue weighted by Crippen LogP contribution is -2.46. The zero-order chi connectivity index (χ0) is 17.6. The van der Waals surface area contributed by atoms with Crippen molar-refractivity contribution in [3.8, 4) is 0 Å². The molecule has 5 N–H and O–H groups in total. The maximum Gasteiger partial charge on any atom is 0.280 e. The predicted molar refractivity (Wildman–Crippen MR) is 86.7 cm³/mol. The molecule has 10 nitrogen and oxygen atoms in total. The third kappa shape index (κ3) is 2.34. The van der Waals surface area contributed by atoms with Crippen LogP contribution in [-0.2, 0) is 11.3 Å². The van der Waals surface area contributed by atoms with Gasteiger partial charge in [-0.05, 0) is 13.8 Å². The van der Waals surface area contributed by atoms with Gasteiger partial charge in [0, 0.05) is 13.1 Å². The molecule has 1 fully saturated rings. The lowest BCUT2D eigenvalue weighted by atomic mass is 10.1. The number of rotatable bonds is 4. The van der Waals surface area contributed by atoms with Crippen molar-refractivity contribution in [3.63, 3.8) is 0 Å². The molecule has 0 unspecified atom stereocenters. The number of aliphatic hydroxyl groups excluding tert-OH is 3. The minimum absolute atomic E-state index is 0.0796. The molecule has 1 saturated heterocycles. The van der Waals surface area contributed by atoms with E-state index in [1.165, 1.54) is 4.57 Å². The quantitative estimate of drug-likeness (QED) is 0.485. The first-order valence-electron chi connectivity index (χ1n) is 7.98. The van der Waals surface area contributed by atoms with Crippen LogP contribution in [0.15, 0.2) is 4.79 Å². The number of anilines is 3. The molecule has 0 spiro atoms. The van der Waals surface area contributed by atoms with E-state index in [2.05, 4.69) is 4.98 Å². The lowest BCUT2D eigenvalue weighted by Gasteiger charge is -2.28. The molecule has 1 aromatic rings. The first-order chi connectivity index (χ1) is 11.4. The third-order valence-electron chi connectivity index (χ3n) is 4.59. The van der Waals surface area contributed by atoms with Crippen molar-refractivity contribution in [1.82, 2.24) is 9.55 Å². The molecule has 134 valence electrons. The Morgan fingerprint density at radius 3 is 2.54 bits per heavy atom. The molecule has 0 amide bonds. The van der Waals surface area contributed by atoms with Gasteiger partial charge in [-0.3, -0.25) is 9.36 Å². The molecule has 0 bridgehead atoms. The van der Waals surface area contributed by atoms with Gasteiger partial charge in [-0.2, -0.15) is 4.98 Å². The summed E-state index contributed by atoms with van der Waals surface area (Å²) in [5.74, 6) is 0.398. The van der Waals surface area contributed by atoms with Crippen molar-refractivity contribution in [2.45, 2.75) is 44.9 Å². The van der Waals surface area contributed by atoms with Crippen LogP contribution in [0.1, 0.15) is 13.8 Å². The Morgan fingerprint density at radius 1 is 1.29 bits per heavy atom. The first kappa shape index (κ1) is 17.0. The Balaban J connectivity index is 2.05. The molecule has 2 aliphatic rings. The first-order valence-corrected chi connectivity index (χ1v) is 7.98. The van der Waals surface area contributed by atoms with E-state index in [1.807, 2.05) is 11.8 Å². The summed E-state index contributed by atoms with van der Waals surface area (Å²) in [6.45, 7) is 4.52. The second-order valence-corrected chi connectivity index (χ2v) is 5.89. The summed E-state index contributed by atoms with van der Waals surface area (Å²) in [5, 5.41) is 29.5. The van der Waals surface area contributed by atoms with E-state index in [-0.39, 0.29) is 18.2 Å². The highest BCUT2D eigenvalue weighted by Gasteiger charge is 2.48. The molecular formula is C14H23N5O5. The van der Waals surface area contributed by atoms with Gasteiger partial charge in [0.1, 0.15) is 24.0 Å². The fourth-order valence-electron chi connectivity index (χ4n) is 3.25. The van der Waals surface area contributed by atoms with Crippen LogP contribution in [0.2, 0.25) is 0 Å². The summed E-state index contributed by atoms with van der Waals surface area (Å²) in [6, 6.07) is 0. The summed E-state index contributed by atoms with van der Waals surface area (Å²) >= 11 is 0. The summed E-state index contributed by atoms with van der Waals surface area (Å²) in [6.07, 6.45) is -4.26. The molecule has 1 aromatic heterocycles. The Labute approximate surface area is 138 Å². The Kier molecular flexibility index (Phi) is 4.38. The van der Waals surface area contributed by atoms with Gasteiger partial charge >= 0.3 is 0 Å². The average molecular weight is 341 g/mol. The zero-order valence-electron chi connectivity index (χ0n) is 13.7. The number of ether oxygens (including phenoxy) is 1. The van der Waals surface area contributed by atoms with Gasteiger partial charge in [0.2, 0.25) is 5.95 Å². The van der Waals surface area contributed by atoms with Crippen LogP contribution in [0.4, 0.5) is 17.5 Å². The molecule has 0 aliphatic carbocycles. The van der Waals surface area contributed by atoms with E-state index in [0.29, 0.717) is 24.6 Å². The SMILES string of the molecule is CCN1CN([C@@H]2O[C@H](CO)[C@@H](O)[C@H]2O)c2nc(N)n(CC)c(=O)c21. The topological polar surface area (TPSA) is 137 Å². The van der Waals surface area contributed by atoms with Gasteiger partial charge in [0.05, 0.1) is 13.3 Å². The van der Waals surface area contributed by atoms with Crippen LogP contribution in [0.25, 0.3) is 0 Å². The van der Waals surface area contributed by atoms with Crippen molar-refractivity contribution in [2.24, 2.45) is 0 Å². The van der Waals surface area contributed by atoms with Gasteiger partial charge in [-0.1, -0.05) is 0 Å². The van der Waals surface area contributed by atoms with Crippen molar-refractivity contribution in [1.29, 1.82) is 0 Å². The maximum atomic E-state index is 12.7. The molecule has 3 rings (SSSR count). The molecular weight excluding hydrogens is 318 g/mol. The maximum absolute atomic E-state index is 12.7. The van der Waals surface area contributed by atoms with E-state index in [9.17, 15) is 20.1 Å². The van der Waals surface area contributed by atoms with E-state index < -0.39 is 31.1 Å². The van der Waals surface area contributed by atoms with Crippen LogP contribution in [0.3, 0.4) is 0 Å². The Morgan fingerprint density at radius 2 is 2.00 bits per heavy atom. The molecule has 3 heterocycles. The third-order valence-corrected chi connectivity index (χ3v) is 4.59. The average Bonchev–Trinajstić information content (AvgIpc) is 3.06. The normalized spacial score (nSPS) is 29.4. The number of fused-ring (bicyclic) bond motifs is 1. The second-order valence-electron chi connectivity index (χ2n) is 5.89. The minimum atomic E-state index is -1.23. The molecule has 24 heavy (non-hydrogen) atoms. The summed E-state index contributed by atoms with van der Waals surface area (Å²) in [5.41, 5.74) is 6.02. The number of aliphatic hydroxyl groups is 3. The molecule has 10 heteroatoms. The van der Waals surface area contributed by atoms with Crippen molar-refractivity contribution >= 4 is 17.5 Å². The van der Waals surface area contributed by atoms with Crippen molar-refractivity contribution in [3.05, 3.63) is 10.4 Å². The number of hydrogen-bond donors (Lipinski definition) is 4. The highest BCUT2D eigenvalue weighted by Crippen LogP contribution is 2.36. The number of nitrogens with zero attached hydrogens (tertiary/aromatic N) is 4. The minimum Gasteiger partial charge on any atom is -0.394 e. The standard InChI is InChI=1S/C14H23N5O5/c1-3-17-6-19(13-10(22)9(21)7(5-20)24-13)11-8(17)12(23)18(4-2)14(15)16-11/h7,9-10,13,20-22H,3-6H2,1-2H3,(H2,15,16)/t7-,9-,10-,13-/m1/s1. The molecule has 2 aliphatic heterocycles.